The van der Waals surface area contributed by atoms with Crippen molar-refractivity contribution in [3.05, 3.63) is 29.1 Å². The molecular formula is C21H33N3O. The van der Waals surface area contributed by atoms with E-state index in [4.69, 9.17) is 0 Å². The quantitative estimate of drug-likeness (QED) is 0.603. The van der Waals surface area contributed by atoms with Crippen LogP contribution in [0.1, 0.15) is 68.4 Å². The predicted molar refractivity (Wildman–Crippen MR) is 104 cm³/mol. The average Bonchev–Trinajstić information content (AvgIpc) is 3.37. The number of hydrogen-bond donors (Lipinski definition) is 1. The van der Waals surface area contributed by atoms with E-state index in [1.165, 1.54) is 55.6 Å². The fraction of sp³-hybridized carbons (Fsp3) is 0.667. The van der Waals surface area contributed by atoms with Crippen LogP contribution in [-0.2, 0) is 4.79 Å². The van der Waals surface area contributed by atoms with Crippen molar-refractivity contribution >= 4 is 12.0 Å². The van der Waals surface area contributed by atoms with Gasteiger partial charge in [0.05, 0.1) is 0 Å². The first-order valence-electron chi connectivity index (χ1n) is 9.94. The van der Waals surface area contributed by atoms with Crippen molar-refractivity contribution < 1.29 is 4.79 Å². The lowest BCUT2D eigenvalue weighted by molar-refractivity contribution is -0.116. The summed E-state index contributed by atoms with van der Waals surface area (Å²) in [6.45, 7) is 9.69. The molecule has 1 aliphatic heterocycles. The van der Waals surface area contributed by atoms with Gasteiger partial charge in [-0.25, -0.2) is 0 Å². The first kappa shape index (κ1) is 18.2. The zero-order valence-corrected chi connectivity index (χ0v) is 16.1. The van der Waals surface area contributed by atoms with Crippen LogP contribution in [0.15, 0.2) is 12.1 Å². The Balaban J connectivity index is 1.42. The van der Waals surface area contributed by atoms with Crippen LogP contribution in [0.3, 0.4) is 0 Å². The molecule has 0 unspecified atom stereocenters. The Morgan fingerprint density at radius 2 is 2.08 bits per heavy atom. The van der Waals surface area contributed by atoms with Crippen molar-refractivity contribution in [3.63, 3.8) is 0 Å². The highest BCUT2D eigenvalue weighted by Crippen LogP contribution is 2.38. The summed E-state index contributed by atoms with van der Waals surface area (Å²) in [7, 11) is 0. The molecule has 138 valence electrons. The Morgan fingerprint density at radius 1 is 1.28 bits per heavy atom. The SMILES string of the molecule is Cc1cc(/C=C/C(=O)NCCCN2CCCC[C@@H]2C)c(C)n1C1CC1. The van der Waals surface area contributed by atoms with E-state index in [9.17, 15) is 4.79 Å². The van der Waals surface area contributed by atoms with Crippen molar-refractivity contribution in [2.75, 3.05) is 19.6 Å². The maximum atomic E-state index is 12.1. The lowest BCUT2D eigenvalue weighted by Crippen LogP contribution is -2.39. The molecule has 0 spiro atoms. The van der Waals surface area contributed by atoms with Crippen molar-refractivity contribution in [2.24, 2.45) is 0 Å². The zero-order chi connectivity index (χ0) is 17.8. The highest BCUT2D eigenvalue weighted by Gasteiger charge is 2.26. The Labute approximate surface area is 152 Å². The third-order valence-corrected chi connectivity index (χ3v) is 5.71. The van der Waals surface area contributed by atoms with Crippen LogP contribution in [0.25, 0.3) is 6.08 Å². The molecule has 1 saturated carbocycles. The molecule has 1 aromatic heterocycles. The molecule has 4 nitrogen and oxygen atoms in total. The van der Waals surface area contributed by atoms with Crippen molar-refractivity contribution in [1.29, 1.82) is 0 Å². The number of carbonyl (C=O) groups excluding carboxylic acids is 1. The van der Waals surface area contributed by atoms with Crippen LogP contribution in [0, 0.1) is 13.8 Å². The van der Waals surface area contributed by atoms with Gasteiger partial charge in [0.25, 0.3) is 0 Å². The maximum absolute atomic E-state index is 12.1. The number of amides is 1. The first-order valence-corrected chi connectivity index (χ1v) is 9.94. The van der Waals surface area contributed by atoms with Gasteiger partial charge in [0.1, 0.15) is 0 Å². The highest BCUT2D eigenvalue weighted by atomic mass is 16.1. The summed E-state index contributed by atoms with van der Waals surface area (Å²) >= 11 is 0. The minimum absolute atomic E-state index is 0.0166. The summed E-state index contributed by atoms with van der Waals surface area (Å²) in [4.78, 5) is 14.6. The van der Waals surface area contributed by atoms with Gasteiger partial charge in [0.15, 0.2) is 0 Å². The molecule has 3 rings (SSSR count). The first-order chi connectivity index (χ1) is 12.1. The maximum Gasteiger partial charge on any atom is 0.244 e. The molecule has 4 heteroatoms. The van der Waals surface area contributed by atoms with Crippen LogP contribution in [0.2, 0.25) is 0 Å². The smallest absolute Gasteiger partial charge is 0.244 e. The van der Waals surface area contributed by atoms with Gasteiger partial charge in [-0.2, -0.15) is 0 Å². The number of carbonyl (C=O) groups is 1. The second kappa shape index (κ2) is 8.22. The van der Waals surface area contributed by atoms with E-state index in [0.29, 0.717) is 12.1 Å². The molecule has 25 heavy (non-hydrogen) atoms. The second-order valence-electron chi connectivity index (χ2n) is 7.79. The minimum Gasteiger partial charge on any atom is -0.353 e. The number of aromatic nitrogens is 1. The molecule has 2 heterocycles. The molecular weight excluding hydrogens is 310 g/mol. The molecule has 1 saturated heterocycles. The van der Waals surface area contributed by atoms with Gasteiger partial charge < -0.3 is 14.8 Å². The predicted octanol–water partition coefficient (Wildman–Crippen LogP) is 3.83. The lowest BCUT2D eigenvalue weighted by atomic mass is 10.0. The average molecular weight is 344 g/mol. The molecule has 1 N–H and O–H groups in total. The molecule has 1 aliphatic carbocycles. The van der Waals surface area contributed by atoms with Crippen LogP contribution in [0.5, 0.6) is 0 Å². The van der Waals surface area contributed by atoms with Crippen LogP contribution >= 0.6 is 0 Å². The fourth-order valence-corrected chi connectivity index (χ4v) is 4.07. The van der Waals surface area contributed by atoms with E-state index in [0.717, 1.165) is 19.5 Å². The molecule has 0 bridgehead atoms. The molecule has 1 aromatic rings. The second-order valence-corrected chi connectivity index (χ2v) is 7.79. The third-order valence-electron chi connectivity index (χ3n) is 5.71. The van der Waals surface area contributed by atoms with E-state index in [1.807, 2.05) is 6.08 Å². The Morgan fingerprint density at radius 3 is 2.80 bits per heavy atom. The lowest BCUT2D eigenvalue weighted by Gasteiger charge is -2.33. The number of rotatable bonds is 7. The van der Waals surface area contributed by atoms with Gasteiger partial charge in [-0.3, -0.25) is 4.79 Å². The van der Waals surface area contributed by atoms with E-state index < -0.39 is 0 Å². The number of nitrogens with zero attached hydrogens (tertiary/aromatic N) is 2. The van der Waals surface area contributed by atoms with Gasteiger partial charge >= 0.3 is 0 Å². The van der Waals surface area contributed by atoms with Crippen LogP contribution in [-0.4, -0.2) is 41.1 Å². The Kier molecular flexibility index (Phi) is 6.00. The summed E-state index contributed by atoms with van der Waals surface area (Å²) in [5, 5.41) is 3.02. The largest absolute Gasteiger partial charge is 0.353 e. The summed E-state index contributed by atoms with van der Waals surface area (Å²) < 4.78 is 2.41. The van der Waals surface area contributed by atoms with Gasteiger partial charge in [0.2, 0.25) is 5.91 Å². The molecule has 1 atom stereocenters. The van der Waals surface area contributed by atoms with Crippen LogP contribution in [0.4, 0.5) is 0 Å². The number of hydrogen-bond acceptors (Lipinski definition) is 2. The topological polar surface area (TPSA) is 37.3 Å². The van der Waals surface area contributed by atoms with Gasteiger partial charge in [-0.15, -0.1) is 0 Å². The molecule has 1 amide bonds. The molecule has 0 aromatic carbocycles. The number of piperidine rings is 1. The summed E-state index contributed by atoms with van der Waals surface area (Å²) in [6.07, 6.45) is 11.2. The summed E-state index contributed by atoms with van der Waals surface area (Å²) in [5.41, 5.74) is 3.75. The van der Waals surface area contributed by atoms with Crippen molar-refractivity contribution in [2.45, 2.75) is 71.4 Å². The number of likely N-dealkylation sites (tertiary alicyclic amines) is 1. The molecule has 2 aliphatic rings. The minimum atomic E-state index is 0.0166. The van der Waals surface area contributed by atoms with E-state index in [1.54, 1.807) is 6.08 Å². The monoisotopic (exact) mass is 343 g/mol. The normalized spacial score (nSPS) is 21.8. The standard InChI is InChI=1S/C21H33N3O/c1-16-7-4-5-13-23(16)14-6-12-22-21(25)11-8-19-15-17(2)24(18(19)3)20-9-10-20/h8,11,15-16,20H,4-7,9-10,12-14H2,1-3H3,(H,22,25)/b11-8+/t16-/m0/s1. The van der Waals surface area contributed by atoms with Crippen molar-refractivity contribution in [3.8, 4) is 0 Å². The van der Waals surface area contributed by atoms with Crippen LogP contribution < -0.4 is 5.32 Å². The van der Waals surface area contributed by atoms with E-state index >= 15 is 0 Å². The highest BCUT2D eigenvalue weighted by molar-refractivity contribution is 5.91. The number of aryl methyl sites for hydroxylation is 1. The van der Waals surface area contributed by atoms with E-state index in [2.05, 4.69) is 41.6 Å². The molecule has 0 radical (unpaired) electrons. The van der Waals surface area contributed by atoms with E-state index in [-0.39, 0.29) is 5.91 Å². The van der Waals surface area contributed by atoms with Crippen molar-refractivity contribution in [1.82, 2.24) is 14.8 Å². The zero-order valence-electron chi connectivity index (χ0n) is 16.1. The van der Waals surface area contributed by atoms with Gasteiger partial charge in [-0.05, 0) is 77.1 Å². The summed E-state index contributed by atoms with van der Waals surface area (Å²) in [6, 6.07) is 3.58. The van der Waals surface area contributed by atoms with Gasteiger partial charge in [-0.1, -0.05) is 6.42 Å². The third kappa shape index (κ3) is 4.75. The number of nitrogens with one attached hydrogen (secondary N) is 1. The molecule has 2 fully saturated rings. The Hall–Kier alpha value is -1.55. The Bertz CT molecular complexity index is 627. The van der Waals surface area contributed by atoms with Gasteiger partial charge in [0, 0.05) is 42.6 Å². The fourth-order valence-electron chi connectivity index (χ4n) is 4.07. The summed E-state index contributed by atoms with van der Waals surface area (Å²) in [5.74, 6) is 0.0166.